The monoisotopic (exact) mass is 528 g/mol. The van der Waals surface area contributed by atoms with Crippen molar-refractivity contribution < 1.29 is 39.6 Å². The second kappa shape index (κ2) is 8.80. The average molecular weight is 529 g/mol. The van der Waals surface area contributed by atoms with Gasteiger partial charge in [-0.2, -0.15) is 0 Å². The topological polar surface area (TPSA) is 186 Å². The Kier molecular flexibility index (Phi) is 6.06. The van der Waals surface area contributed by atoms with E-state index in [0.29, 0.717) is 17.7 Å². The molecule has 3 aliphatic carbocycles. The maximum absolute atomic E-state index is 14.0. The van der Waals surface area contributed by atoms with Crippen molar-refractivity contribution in [1.82, 2.24) is 10.4 Å². The molecule has 12 nitrogen and oxygen atoms in total. The lowest BCUT2D eigenvalue weighted by Crippen LogP contribution is -2.63. The fourth-order valence-corrected chi connectivity index (χ4v) is 6.61. The van der Waals surface area contributed by atoms with Gasteiger partial charge in [0.15, 0.2) is 11.4 Å². The number of rotatable bonds is 4. The molecule has 1 aromatic rings. The van der Waals surface area contributed by atoms with Crippen LogP contribution in [0.5, 0.6) is 5.75 Å². The Morgan fingerprint density at radius 2 is 1.84 bits per heavy atom. The standard InChI is InChI=1S/C26H32N4O8/c1-29(2)15-7-12(11-8-28-38-9-11)20(31)17-13(15)5-10-6-14-19(30(3)4)22(33)18(25(27)36)24(35)26(14,37)23(34)16(10)21(17)32/h7,10-11,14,19,28,31,33-34,37H,5-6,8-9H2,1-4H3,(H2,27,36)/t10-,11?,14-,19-,26-/m0/s1. The molecule has 5 atom stereocenters. The number of aliphatic hydroxyl groups is 3. The molecular formula is C26H32N4O8. The minimum atomic E-state index is -2.66. The summed E-state index contributed by atoms with van der Waals surface area (Å²) in [6, 6.07) is 0.802. The third-order valence-electron chi connectivity index (χ3n) is 8.37. The molecule has 12 heteroatoms. The first kappa shape index (κ1) is 26.2. The molecule has 0 radical (unpaired) electrons. The molecule has 1 aromatic carbocycles. The van der Waals surface area contributed by atoms with E-state index in [1.807, 2.05) is 25.1 Å². The summed E-state index contributed by atoms with van der Waals surface area (Å²) in [5.74, 6) is -6.83. The quantitative estimate of drug-likeness (QED) is 0.284. The molecule has 1 amide bonds. The maximum Gasteiger partial charge on any atom is 0.255 e. The largest absolute Gasteiger partial charge is 0.510 e. The molecule has 204 valence electrons. The number of nitrogens with one attached hydrogen (secondary N) is 1. The number of likely N-dealkylation sites (N-methyl/N-ethyl adjacent to an activating group) is 1. The first-order valence-corrected chi connectivity index (χ1v) is 12.4. The summed E-state index contributed by atoms with van der Waals surface area (Å²) in [5.41, 5.74) is 6.28. The number of hydrogen-bond donors (Lipinski definition) is 6. The number of benzene rings is 1. The van der Waals surface area contributed by atoms with Crippen molar-refractivity contribution in [3.63, 3.8) is 0 Å². The molecule has 1 aliphatic heterocycles. The van der Waals surface area contributed by atoms with E-state index in [-0.39, 0.29) is 42.3 Å². The van der Waals surface area contributed by atoms with Crippen molar-refractivity contribution in [2.24, 2.45) is 17.6 Å². The number of carbonyl (C=O) groups is 3. The molecule has 0 spiro atoms. The summed E-state index contributed by atoms with van der Waals surface area (Å²) < 4.78 is 0. The van der Waals surface area contributed by atoms with Crippen molar-refractivity contribution in [3.8, 4) is 5.75 Å². The maximum atomic E-state index is 14.0. The van der Waals surface area contributed by atoms with Crippen LogP contribution in [-0.4, -0.2) is 95.8 Å². The second-order valence-electron chi connectivity index (χ2n) is 10.9. The molecule has 38 heavy (non-hydrogen) atoms. The number of aromatic hydroxyl groups is 1. The minimum absolute atomic E-state index is 0.00104. The Bertz CT molecular complexity index is 1330. The van der Waals surface area contributed by atoms with Crippen LogP contribution >= 0.6 is 0 Å². The van der Waals surface area contributed by atoms with Crippen molar-refractivity contribution in [3.05, 3.63) is 45.4 Å². The molecule has 7 N–H and O–H groups in total. The van der Waals surface area contributed by atoms with Gasteiger partial charge in [0, 0.05) is 49.3 Å². The molecule has 0 bridgehead atoms. The Balaban J connectivity index is 1.73. The number of anilines is 1. The van der Waals surface area contributed by atoms with E-state index < -0.39 is 58.0 Å². The van der Waals surface area contributed by atoms with E-state index in [9.17, 15) is 34.8 Å². The third kappa shape index (κ3) is 3.40. The number of hydroxylamine groups is 1. The van der Waals surface area contributed by atoms with Gasteiger partial charge in [-0.3, -0.25) is 19.3 Å². The molecule has 5 rings (SSSR count). The highest BCUT2D eigenvalue weighted by Gasteiger charge is 2.63. The van der Waals surface area contributed by atoms with E-state index in [4.69, 9.17) is 10.6 Å². The number of ketones is 2. The van der Waals surface area contributed by atoms with Gasteiger partial charge in [-0.1, -0.05) is 0 Å². The van der Waals surface area contributed by atoms with Crippen LogP contribution in [0.3, 0.4) is 0 Å². The Hall–Kier alpha value is -3.45. The van der Waals surface area contributed by atoms with Gasteiger partial charge in [0.05, 0.1) is 18.2 Å². The summed E-state index contributed by atoms with van der Waals surface area (Å²) in [5, 5.41) is 45.4. The lowest BCUT2D eigenvalue weighted by molar-refractivity contribution is -0.148. The smallest absolute Gasteiger partial charge is 0.255 e. The Labute approximate surface area is 218 Å². The predicted molar refractivity (Wildman–Crippen MR) is 135 cm³/mol. The van der Waals surface area contributed by atoms with E-state index in [0.717, 1.165) is 5.69 Å². The van der Waals surface area contributed by atoms with Gasteiger partial charge < -0.3 is 35.9 Å². The summed E-state index contributed by atoms with van der Waals surface area (Å²) in [6.45, 7) is 0.717. The highest BCUT2D eigenvalue weighted by molar-refractivity contribution is 6.25. The number of aliphatic hydroxyl groups excluding tert-OH is 2. The molecule has 1 saturated heterocycles. The lowest BCUT2D eigenvalue weighted by atomic mass is 9.58. The minimum Gasteiger partial charge on any atom is -0.510 e. The molecule has 1 heterocycles. The molecule has 1 unspecified atom stereocenters. The highest BCUT2D eigenvalue weighted by Crippen LogP contribution is 2.53. The molecule has 1 fully saturated rings. The Morgan fingerprint density at radius 3 is 2.39 bits per heavy atom. The van der Waals surface area contributed by atoms with E-state index in [1.54, 1.807) is 14.1 Å². The van der Waals surface area contributed by atoms with Gasteiger partial charge >= 0.3 is 0 Å². The van der Waals surface area contributed by atoms with E-state index in [2.05, 4.69) is 5.48 Å². The van der Waals surface area contributed by atoms with Crippen LogP contribution < -0.4 is 16.1 Å². The van der Waals surface area contributed by atoms with Crippen LogP contribution in [0.15, 0.2) is 28.7 Å². The van der Waals surface area contributed by atoms with Crippen molar-refractivity contribution in [2.75, 3.05) is 46.2 Å². The third-order valence-corrected chi connectivity index (χ3v) is 8.37. The number of nitrogens with zero attached hydrogens (tertiary/aromatic N) is 2. The van der Waals surface area contributed by atoms with Gasteiger partial charge in [0.25, 0.3) is 5.91 Å². The SMILES string of the molecule is CN(C)c1cc(C2CNOC2)c(O)c2c1C[C@H]1C[C@H]3[C@H](N(C)C)C(O)=C(C(N)=O)C(=O)[C@@]3(O)C(O)=C1C2=O. The fraction of sp³-hybridized carbons (Fsp3) is 0.500. The number of Topliss-reactive ketones (excluding diaryl/α,β-unsaturated/α-hetero) is 2. The summed E-state index contributed by atoms with van der Waals surface area (Å²) in [6.07, 6.45) is 0.275. The Morgan fingerprint density at radius 1 is 1.16 bits per heavy atom. The molecule has 0 aromatic heterocycles. The fourth-order valence-electron chi connectivity index (χ4n) is 6.61. The predicted octanol–water partition coefficient (Wildman–Crippen LogP) is -0.195. The first-order chi connectivity index (χ1) is 17.8. The summed E-state index contributed by atoms with van der Waals surface area (Å²) in [7, 11) is 6.84. The van der Waals surface area contributed by atoms with Crippen LogP contribution in [-0.2, 0) is 20.8 Å². The van der Waals surface area contributed by atoms with Gasteiger partial charge in [-0.05, 0) is 44.5 Å². The normalized spacial score (nSPS) is 30.9. The number of carbonyl (C=O) groups excluding carboxylic acids is 3. The molecule has 4 aliphatic rings. The number of allylic oxidation sites excluding steroid dienone is 1. The highest BCUT2D eigenvalue weighted by atomic mass is 16.7. The zero-order chi connectivity index (χ0) is 27.8. The number of fused-ring (bicyclic) bond motifs is 3. The number of primary amides is 1. The average Bonchev–Trinajstić information content (AvgIpc) is 3.35. The molecular weight excluding hydrogens is 496 g/mol. The van der Waals surface area contributed by atoms with Crippen LogP contribution in [0, 0.1) is 11.8 Å². The van der Waals surface area contributed by atoms with Crippen LogP contribution in [0.4, 0.5) is 5.69 Å². The van der Waals surface area contributed by atoms with Crippen LogP contribution in [0.2, 0.25) is 0 Å². The number of amides is 1. The number of hydrogen-bond acceptors (Lipinski definition) is 11. The first-order valence-electron chi connectivity index (χ1n) is 12.4. The van der Waals surface area contributed by atoms with Crippen molar-refractivity contribution in [2.45, 2.75) is 30.4 Å². The number of phenols is 1. The van der Waals surface area contributed by atoms with Crippen molar-refractivity contribution >= 4 is 23.2 Å². The second-order valence-corrected chi connectivity index (χ2v) is 10.9. The van der Waals surface area contributed by atoms with Crippen LogP contribution in [0.1, 0.15) is 33.8 Å². The van der Waals surface area contributed by atoms with Gasteiger partial charge in [-0.25, -0.2) is 5.48 Å². The van der Waals surface area contributed by atoms with E-state index in [1.165, 1.54) is 4.90 Å². The molecule has 0 saturated carbocycles. The van der Waals surface area contributed by atoms with E-state index >= 15 is 0 Å². The van der Waals surface area contributed by atoms with Gasteiger partial charge in [-0.15, -0.1) is 0 Å². The lowest BCUT2D eigenvalue weighted by Gasteiger charge is -2.50. The zero-order valence-corrected chi connectivity index (χ0v) is 21.6. The number of phenolic OH excluding ortho intramolecular Hbond substituents is 1. The van der Waals surface area contributed by atoms with Gasteiger partial charge in [0.1, 0.15) is 22.8 Å². The summed E-state index contributed by atoms with van der Waals surface area (Å²) in [4.78, 5) is 48.2. The van der Waals surface area contributed by atoms with Crippen LogP contribution in [0.25, 0.3) is 0 Å². The van der Waals surface area contributed by atoms with Crippen molar-refractivity contribution in [1.29, 1.82) is 0 Å². The van der Waals surface area contributed by atoms with Gasteiger partial charge in [0.2, 0.25) is 5.78 Å². The number of nitrogens with two attached hydrogens (primary N) is 1. The summed E-state index contributed by atoms with van der Waals surface area (Å²) >= 11 is 0. The zero-order valence-electron chi connectivity index (χ0n) is 21.6.